The van der Waals surface area contributed by atoms with Crippen molar-refractivity contribution in [3.8, 4) is 5.75 Å². The zero-order valence-corrected chi connectivity index (χ0v) is 11.6. The van der Waals surface area contributed by atoms with Crippen molar-refractivity contribution in [1.29, 1.82) is 5.41 Å². The summed E-state index contributed by atoms with van der Waals surface area (Å²) in [7, 11) is 0. The van der Waals surface area contributed by atoms with Crippen LogP contribution in [0.5, 0.6) is 5.75 Å². The average Bonchev–Trinajstić information content (AvgIpc) is 2.37. The molecule has 100 valence electrons. The topological polar surface area (TPSA) is 59.1 Å². The van der Waals surface area contributed by atoms with Gasteiger partial charge in [0.15, 0.2) is 0 Å². The van der Waals surface area contributed by atoms with Gasteiger partial charge in [-0.1, -0.05) is 39.0 Å². The zero-order valence-electron chi connectivity index (χ0n) is 11.6. The van der Waals surface area contributed by atoms with Gasteiger partial charge in [0, 0.05) is 6.42 Å². The van der Waals surface area contributed by atoms with Gasteiger partial charge in [-0.15, -0.1) is 0 Å². The molecular weight excluding hydrogens is 224 g/mol. The summed E-state index contributed by atoms with van der Waals surface area (Å²) in [6.45, 7) is 6.43. The smallest absolute Gasteiger partial charge is 0.123 e. The van der Waals surface area contributed by atoms with Crippen molar-refractivity contribution in [2.24, 2.45) is 5.73 Å². The second-order valence-electron chi connectivity index (χ2n) is 4.72. The second-order valence-corrected chi connectivity index (χ2v) is 4.72. The molecule has 2 atom stereocenters. The van der Waals surface area contributed by atoms with E-state index in [0.29, 0.717) is 12.3 Å². The fraction of sp³-hybridized carbons (Fsp3) is 0.533. The molecule has 3 N–H and O–H groups in total. The summed E-state index contributed by atoms with van der Waals surface area (Å²) >= 11 is 0. The molecule has 3 nitrogen and oxygen atoms in total. The lowest BCUT2D eigenvalue weighted by Gasteiger charge is -2.21. The molecule has 0 saturated carbocycles. The largest absolute Gasteiger partial charge is 0.490 e. The number of rotatable bonds is 7. The molecule has 1 aromatic rings. The lowest BCUT2D eigenvalue weighted by molar-refractivity contribution is 0.201. The molecule has 0 aromatic heterocycles. The SMILES string of the molecule is CCC(CC(=N)N)Oc1ccccc1C(C)CC. The van der Waals surface area contributed by atoms with Gasteiger partial charge >= 0.3 is 0 Å². The number of benzene rings is 1. The summed E-state index contributed by atoms with van der Waals surface area (Å²) in [6, 6.07) is 8.15. The maximum Gasteiger partial charge on any atom is 0.123 e. The van der Waals surface area contributed by atoms with Crippen LogP contribution < -0.4 is 10.5 Å². The van der Waals surface area contributed by atoms with Crippen molar-refractivity contribution in [2.75, 3.05) is 0 Å². The number of nitrogens with two attached hydrogens (primary N) is 1. The van der Waals surface area contributed by atoms with E-state index >= 15 is 0 Å². The number of ether oxygens (including phenoxy) is 1. The summed E-state index contributed by atoms with van der Waals surface area (Å²) in [6.07, 6.45) is 2.43. The van der Waals surface area contributed by atoms with Crippen LogP contribution >= 0.6 is 0 Å². The van der Waals surface area contributed by atoms with E-state index in [2.05, 4.69) is 26.8 Å². The molecule has 1 rings (SSSR count). The molecule has 0 aliphatic heterocycles. The van der Waals surface area contributed by atoms with Gasteiger partial charge < -0.3 is 10.5 Å². The summed E-state index contributed by atoms with van der Waals surface area (Å²) < 4.78 is 6.01. The highest BCUT2D eigenvalue weighted by atomic mass is 16.5. The highest BCUT2D eigenvalue weighted by Gasteiger charge is 2.14. The summed E-state index contributed by atoms with van der Waals surface area (Å²) in [5.74, 6) is 1.60. The Morgan fingerprint density at radius 2 is 1.94 bits per heavy atom. The summed E-state index contributed by atoms with van der Waals surface area (Å²) in [5, 5.41) is 7.37. The number of hydrogen-bond donors (Lipinski definition) is 2. The van der Waals surface area contributed by atoms with Crippen molar-refractivity contribution in [3.05, 3.63) is 29.8 Å². The van der Waals surface area contributed by atoms with Crippen molar-refractivity contribution in [2.45, 2.75) is 52.1 Å². The monoisotopic (exact) mass is 248 g/mol. The average molecular weight is 248 g/mol. The molecule has 1 aromatic carbocycles. The van der Waals surface area contributed by atoms with Crippen molar-refractivity contribution in [1.82, 2.24) is 0 Å². The summed E-state index contributed by atoms with van der Waals surface area (Å²) in [5.41, 5.74) is 6.69. The minimum absolute atomic E-state index is 0.00675. The fourth-order valence-electron chi connectivity index (χ4n) is 1.91. The molecule has 0 heterocycles. The quantitative estimate of drug-likeness (QED) is 0.571. The molecule has 0 spiro atoms. The Morgan fingerprint density at radius 1 is 1.28 bits per heavy atom. The van der Waals surface area contributed by atoms with Crippen LogP contribution in [0.4, 0.5) is 0 Å². The minimum atomic E-state index is -0.00675. The molecule has 0 radical (unpaired) electrons. The van der Waals surface area contributed by atoms with E-state index in [9.17, 15) is 0 Å². The number of nitrogens with one attached hydrogen (secondary N) is 1. The highest BCUT2D eigenvalue weighted by molar-refractivity contribution is 5.77. The van der Waals surface area contributed by atoms with Crippen LogP contribution in [0.2, 0.25) is 0 Å². The van der Waals surface area contributed by atoms with Crippen molar-refractivity contribution >= 4 is 5.84 Å². The lowest BCUT2D eigenvalue weighted by Crippen LogP contribution is -2.24. The van der Waals surface area contributed by atoms with Crippen LogP contribution in [0.1, 0.15) is 51.5 Å². The van der Waals surface area contributed by atoms with Gasteiger partial charge in [0.2, 0.25) is 0 Å². The molecule has 0 fully saturated rings. The van der Waals surface area contributed by atoms with E-state index in [-0.39, 0.29) is 11.9 Å². The molecule has 2 unspecified atom stereocenters. The molecule has 0 aliphatic carbocycles. The first-order chi connectivity index (χ1) is 8.58. The first-order valence-corrected chi connectivity index (χ1v) is 6.66. The van der Waals surface area contributed by atoms with Gasteiger partial charge in [0.05, 0.1) is 5.84 Å². The number of hydrogen-bond acceptors (Lipinski definition) is 2. The van der Waals surface area contributed by atoms with Crippen molar-refractivity contribution < 1.29 is 4.74 Å². The van der Waals surface area contributed by atoms with Gasteiger partial charge in [0.25, 0.3) is 0 Å². The van der Waals surface area contributed by atoms with E-state index in [1.54, 1.807) is 0 Å². The fourth-order valence-corrected chi connectivity index (χ4v) is 1.91. The Labute approximate surface area is 110 Å². The van der Waals surface area contributed by atoms with Crippen LogP contribution in [0.3, 0.4) is 0 Å². The van der Waals surface area contributed by atoms with Crippen LogP contribution in [0.15, 0.2) is 24.3 Å². The molecule has 18 heavy (non-hydrogen) atoms. The molecule has 3 heteroatoms. The van der Waals surface area contributed by atoms with Gasteiger partial charge in [-0.25, -0.2) is 0 Å². The predicted octanol–water partition coefficient (Wildman–Crippen LogP) is 3.68. The Hall–Kier alpha value is -1.51. The third-order valence-corrected chi connectivity index (χ3v) is 3.26. The van der Waals surface area contributed by atoms with E-state index in [1.165, 1.54) is 5.56 Å². The van der Waals surface area contributed by atoms with E-state index in [1.807, 2.05) is 18.2 Å². The summed E-state index contributed by atoms with van der Waals surface area (Å²) in [4.78, 5) is 0. The normalized spacial score (nSPS) is 13.9. The van der Waals surface area contributed by atoms with Gasteiger partial charge in [-0.3, -0.25) is 5.41 Å². The van der Waals surface area contributed by atoms with Crippen LogP contribution in [0.25, 0.3) is 0 Å². The lowest BCUT2D eigenvalue weighted by atomic mass is 9.97. The number of para-hydroxylation sites is 1. The Kier molecular flexibility index (Phi) is 5.69. The molecule has 0 amide bonds. The molecule has 0 aliphatic rings. The first kappa shape index (κ1) is 14.6. The zero-order chi connectivity index (χ0) is 13.5. The molecular formula is C15H24N2O. The van der Waals surface area contributed by atoms with Gasteiger partial charge in [-0.2, -0.15) is 0 Å². The van der Waals surface area contributed by atoms with E-state index in [4.69, 9.17) is 15.9 Å². The third-order valence-electron chi connectivity index (χ3n) is 3.26. The highest BCUT2D eigenvalue weighted by Crippen LogP contribution is 2.29. The molecule has 0 saturated heterocycles. The van der Waals surface area contributed by atoms with Crippen LogP contribution in [-0.2, 0) is 0 Å². The van der Waals surface area contributed by atoms with Crippen LogP contribution in [-0.4, -0.2) is 11.9 Å². The Morgan fingerprint density at radius 3 is 2.50 bits per heavy atom. The van der Waals surface area contributed by atoms with E-state index < -0.39 is 0 Å². The van der Waals surface area contributed by atoms with Crippen molar-refractivity contribution in [3.63, 3.8) is 0 Å². The third kappa shape index (κ3) is 4.06. The first-order valence-electron chi connectivity index (χ1n) is 6.66. The predicted molar refractivity (Wildman–Crippen MR) is 76.4 cm³/mol. The maximum atomic E-state index is 7.37. The minimum Gasteiger partial charge on any atom is -0.490 e. The van der Waals surface area contributed by atoms with Crippen LogP contribution in [0, 0.1) is 5.41 Å². The molecule has 0 bridgehead atoms. The van der Waals surface area contributed by atoms with E-state index in [0.717, 1.165) is 18.6 Å². The van der Waals surface area contributed by atoms with Gasteiger partial charge in [-0.05, 0) is 30.4 Å². The Bertz CT molecular complexity index is 390. The second kappa shape index (κ2) is 7.04. The standard InChI is InChI=1S/C15H24N2O/c1-4-11(3)13-8-6-7-9-14(13)18-12(5-2)10-15(16)17/h6-9,11-12H,4-5,10H2,1-3H3,(H3,16,17). The number of amidine groups is 1. The maximum absolute atomic E-state index is 7.37. The Balaban J connectivity index is 2.85. The van der Waals surface area contributed by atoms with Gasteiger partial charge in [0.1, 0.15) is 11.9 Å².